The SMILES string of the molecule is Cc1ccc(S(=O)(=O)O)cc1.NC(N)=[N+]([O-])/N=C/c1cccc(I)c1. The molecule has 0 amide bonds. The van der Waals surface area contributed by atoms with Crippen molar-refractivity contribution in [1.29, 1.82) is 0 Å². The van der Waals surface area contributed by atoms with Crippen molar-refractivity contribution in [2.75, 3.05) is 0 Å². The lowest BCUT2D eigenvalue weighted by atomic mass is 10.2. The second-order valence-electron chi connectivity index (χ2n) is 4.79. The number of nitrogens with zero attached hydrogens (tertiary/aromatic N) is 2. The second kappa shape index (κ2) is 9.34. The quantitative estimate of drug-likeness (QED) is 0.117. The Morgan fingerprint density at radius 3 is 2.32 bits per heavy atom. The molecule has 0 saturated carbocycles. The van der Waals surface area contributed by atoms with E-state index in [1.54, 1.807) is 12.1 Å². The van der Waals surface area contributed by atoms with Crippen LogP contribution in [0.15, 0.2) is 58.5 Å². The smallest absolute Gasteiger partial charge is 0.366 e. The molecule has 2 aromatic carbocycles. The van der Waals surface area contributed by atoms with Crippen molar-refractivity contribution >= 4 is 44.9 Å². The molecule has 0 radical (unpaired) electrons. The van der Waals surface area contributed by atoms with Crippen LogP contribution < -0.4 is 11.5 Å². The highest BCUT2D eigenvalue weighted by atomic mass is 127. The zero-order valence-electron chi connectivity index (χ0n) is 13.2. The van der Waals surface area contributed by atoms with E-state index in [2.05, 4.69) is 27.7 Å². The van der Waals surface area contributed by atoms with Crippen LogP contribution in [0.4, 0.5) is 0 Å². The van der Waals surface area contributed by atoms with Crippen LogP contribution in [0.5, 0.6) is 0 Å². The summed E-state index contributed by atoms with van der Waals surface area (Å²) in [6, 6.07) is 13.5. The molecule has 2 rings (SSSR count). The number of hydrogen-bond acceptors (Lipinski definition) is 4. The van der Waals surface area contributed by atoms with Gasteiger partial charge in [-0.15, -0.1) is 9.95 Å². The molecule has 10 heteroatoms. The van der Waals surface area contributed by atoms with E-state index >= 15 is 0 Å². The molecule has 25 heavy (non-hydrogen) atoms. The van der Waals surface area contributed by atoms with E-state index < -0.39 is 10.1 Å². The summed E-state index contributed by atoms with van der Waals surface area (Å²) in [6.07, 6.45) is 1.40. The highest BCUT2D eigenvalue weighted by molar-refractivity contribution is 14.1. The normalized spacial score (nSPS) is 10.8. The summed E-state index contributed by atoms with van der Waals surface area (Å²) in [5.74, 6) is -0.383. The van der Waals surface area contributed by atoms with E-state index in [0.29, 0.717) is 0 Å². The fourth-order valence-corrected chi connectivity index (χ4v) is 2.53. The molecule has 2 aromatic rings. The molecule has 0 saturated heterocycles. The Labute approximate surface area is 159 Å². The minimum atomic E-state index is -4.02. The number of guanidine groups is 1. The van der Waals surface area contributed by atoms with E-state index in [-0.39, 0.29) is 15.7 Å². The molecular weight excluding hydrogens is 459 g/mol. The molecule has 0 fully saturated rings. The van der Waals surface area contributed by atoms with E-state index in [9.17, 15) is 13.6 Å². The summed E-state index contributed by atoms with van der Waals surface area (Å²) in [5, 5.41) is 14.3. The summed E-state index contributed by atoms with van der Waals surface area (Å²) in [7, 11) is -4.02. The number of hydrazone groups is 1. The number of aryl methyl sites for hydroxylation is 1. The molecule has 0 bridgehead atoms. The Kier molecular flexibility index (Phi) is 7.80. The van der Waals surface area contributed by atoms with E-state index in [0.717, 1.165) is 14.7 Å². The summed E-state index contributed by atoms with van der Waals surface area (Å²) < 4.78 is 30.6. The van der Waals surface area contributed by atoms with Gasteiger partial charge in [-0.1, -0.05) is 29.8 Å². The third-order valence-electron chi connectivity index (χ3n) is 2.70. The molecule has 0 heterocycles. The van der Waals surface area contributed by atoms with Gasteiger partial charge in [-0.25, -0.2) is 0 Å². The van der Waals surface area contributed by atoms with Gasteiger partial charge in [0, 0.05) is 3.57 Å². The third-order valence-corrected chi connectivity index (χ3v) is 4.24. The summed E-state index contributed by atoms with van der Waals surface area (Å²) in [5.41, 5.74) is 11.8. The Bertz CT molecular complexity index is 877. The number of hydrogen-bond donors (Lipinski definition) is 3. The van der Waals surface area contributed by atoms with Crippen molar-refractivity contribution in [2.24, 2.45) is 16.6 Å². The van der Waals surface area contributed by atoms with E-state index in [4.69, 9.17) is 16.0 Å². The molecule has 134 valence electrons. The van der Waals surface area contributed by atoms with Gasteiger partial charge in [0.2, 0.25) is 0 Å². The van der Waals surface area contributed by atoms with Gasteiger partial charge in [-0.2, -0.15) is 8.42 Å². The van der Waals surface area contributed by atoms with Gasteiger partial charge in [0.1, 0.15) is 0 Å². The van der Waals surface area contributed by atoms with Crippen molar-refractivity contribution in [2.45, 2.75) is 11.8 Å². The molecule has 8 nitrogen and oxygen atoms in total. The van der Waals surface area contributed by atoms with Gasteiger partial charge in [-0.05, 0) is 59.3 Å². The standard InChI is InChI=1S/C8H9IN4O.C7H8O3S/c9-7-3-1-2-6(4-7)5-12-13(14)8(10)11;1-6-2-4-7(5-3-6)11(8,9)10/h1-5H,10-11H2;2-5H,1H3,(H,8,9,10)/b12-5+;. The van der Waals surface area contributed by atoms with Gasteiger partial charge >= 0.3 is 5.96 Å². The first-order chi connectivity index (χ1) is 11.6. The lowest BCUT2D eigenvalue weighted by molar-refractivity contribution is -0.463. The number of benzene rings is 2. The van der Waals surface area contributed by atoms with Gasteiger partial charge in [0.15, 0.2) is 0 Å². The van der Waals surface area contributed by atoms with Crippen LogP contribution in [-0.4, -0.2) is 30.0 Å². The Morgan fingerprint density at radius 2 is 1.84 bits per heavy atom. The lowest BCUT2D eigenvalue weighted by Gasteiger charge is -2.02. The molecule has 0 spiro atoms. The van der Waals surface area contributed by atoms with Crippen LogP contribution in [0.3, 0.4) is 0 Å². The molecule has 0 aromatic heterocycles. The molecule has 0 aliphatic rings. The zero-order valence-corrected chi connectivity index (χ0v) is 16.2. The lowest BCUT2D eigenvalue weighted by Crippen LogP contribution is -2.30. The second-order valence-corrected chi connectivity index (χ2v) is 7.45. The Hall–Kier alpha value is -2.18. The van der Waals surface area contributed by atoms with Crippen LogP contribution >= 0.6 is 22.6 Å². The maximum Gasteiger partial charge on any atom is 0.366 e. The van der Waals surface area contributed by atoms with Crippen LogP contribution in [0.25, 0.3) is 0 Å². The molecule has 0 atom stereocenters. The Morgan fingerprint density at radius 1 is 1.24 bits per heavy atom. The van der Waals surface area contributed by atoms with Crippen molar-refractivity contribution in [3.63, 3.8) is 0 Å². The monoisotopic (exact) mass is 476 g/mol. The largest absolute Gasteiger partial charge is 0.722 e. The number of nitrogens with two attached hydrogens (primary N) is 2. The molecule has 5 N–H and O–H groups in total. The highest BCUT2D eigenvalue weighted by Crippen LogP contribution is 2.08. The maximum atomic E-state index is 10.8. The number of rotatable bonds is 3. The molecule has 0 unspecified atom stereocenters. The Balaban J connectivity index is 0.000000257. The maximum absolute atomic E-state index is 10.8. The van der Waals surface area contributed by atoms with Crippen molar-refractivity contribution < 1.29 is 17.8 Å². The van der Waals surface area contributed by atoms with E-state index in [1.807, 2.05) is 31.2 Å². The fourth-order valence-electron chi connectivity index (χ4n) is 1.48. The van der Waals surface area contributed by atoms with E-state index in [1.165, 1.54) is 18.3 Å². The average Bonchev–Trinajstić information content (AvgIpc) is 2.52. The van der Waals surface area contributed by atoms with Gasteiger partial charge in [-0.3, -0.25) is 16.0 Å². The third kappa shape index (κ3) is 7.96. The summed E-state index contributed by atoms with van der Waals surface area (Å²) in [4.78, 5) is 0.1000. The summed E-state index contributed by atoms with van der Waals surface area (Å²) in [6.45, 7) is 1.84. The predicted molar refractivity (Wildman–Crippen MR) is 105 cm³/mol. The summed E-state index contributed by atoms with van der Waals surface area (Å²) >= 11 is 2.17. The fraction of sp³-hybridized carbons (Fsp3) is 0.0667. The van der Waals surface area contributed by atoms with Crippen LogP contribution in [0, 0.1) is 15.7 Å². The zero-order chi connectivity index (χ0) is 19.0. The average molecular weight is 476 g/mol. The molecular formula is C15H17IN4O4S. The van der Waals surface area contributed by atoms with Crippen LogP contribution in [0.1, 0.15) is 11.1 Å². The van der Waals surface area contributed by atoms with Crippen LogP contribution in [-0.2, 0) is 10.1 Å². The molecule has 0 aliphatic heterocycles. The first kappa shape index (κ1) is 20.9. The minimum absolute atomic E-state index is 0.0666. The highest BCUT2D eigenvalue weighted by Gasteiger charge is 2.06. The van der Waals surface area contributed by atoms with Gasteiger partial charge < -0.3 is 5.21 Å². The van der Waals surface area contributed by atoms with Crippen molar-refractivity contribution in [3.05, 3.63) is 68.4 Å². The van der Waals surface area contributed by atoms with Crippen molar-refractivity contribution in [1.82, 2.24) is 0 Å². The van der Waals surface area contributed by atoms with Crippen molar-refractivity contribution in [3.8, 4) is 0 Å². The van der Waals surface area contributed by atoms with Gasteiger partial charge in [0.05, 0.1) is 11.1 Å². The minimum Gasteiger partial charge on any atom is -0.722 e. The van der Waals surface area contributed by atoms with Crippen LogP contribution in [0.2, 0.25) is 0 Å². The molecule has 0 aliphatic carbocycles. The van der Waals surface area contributed by atoms with Gasteiger partial charge in [0.25, 0.3) is 10.1 Å². The first-order valence-corrected chi connectivity index (χ1v) is 9.30. The predicted octanol–water partition coefficient (Wildman–Crippen LogP) is 1.65. The number of halogens is 1. The topological polar surface area (TPSA) is 145 Å². The first-order valence-electron chi connectivity index (χ1n) is 6.78.